The number of carbonyl (C=O) groups excluding carboxylic acids is 1. The highest BCUT2D eigenvalue weighted by Crippen LogP contribution is 2.27. The molecule has 142 valence electrons. The maximum Gasteiger partial charge on any atom is 0.191 e. The molecule has 5 nitrogen and oxygen atoms in total. The molecule has 27 heavy (non-hydrogen) atoms. The van der Waals surface area contributed by atoms with Crippen molar-refractivity contribution in [2.24, 2.45) is 0 Å². The summed E-state index contributed by atoms with van der Waals surface area (Å²) in [4.78, 5) is 13.0. The van der Waals surface area contributed by atoms with Crippen molar-refractivity contribution in [2.45, 2.75) is 18.1 Å². The number of halogens is 2. The second-order valence-electron chi connectivity index (χ2n) is 5.63. The SMILES string of the molecule is COCCCn1c(SCC(=O)c2ccc(Cl)s2)nnc1-c1ccc(Cl)cc1. The second kappa shape index (κ2) is 9.71. The Morgan fingerprint density at radius 3 is 2.63 bits per heavy atom. The highest BCUT2D eigenvalue weighted by molar-refractivity contribution is 7.99. The zero-order valence-electron chi connectivity index (χ0n) is 14.5. The summed E-state index contributed by atoms with van der Waals surface area (Å²) in [7, 11) is 1.67. The molecular formula is C18H17Cl2N3O2S2. The lowest BCUT2D eigenvalue weighted by atomic mass is 10.2. The summed E-state index contributed by atoms with van der Waals surface area (Å²) in [6, 6.07) is 10.9. The van der Waals surface area contributed by atoms with Crippen LogP contribution in [0.3, 0.4) is 0 Å². The Balaban J connectivity index is 1.79. The molecule has 3 aromatic rings. The standard InChI is InChI=1S/C18H17Cl2N3O2S2/c1-25-10-2-9-23-17(12-3-5-13(19)6-4-12)21-22-18(23)26-11-14(24)15-7-8-16(20)27-15/h3-8H,2,9-11H2,1H3. The van der Waals surface area contributed by atoms with Gasteiger partial charge in [-0.1, -0.05) is 35.0 Å². The van der Waals surface area contributed by atoms with E-state index in [-0.39, 0.29) is 11.5 Å². The molecule has 0 aliphatic rings. The van der Waals surface area contributed by atoms with Gasteiger partial charge >= 0.3 is 0 Å². The van der Waals surface area contributed by atoms with Gasteiger partial charge in [-0.05, 0) is 42.8 Å². The largest absolute Gasteiger partial charge is 0.385 e. The zero-order valence-corrected chi connectivity index (χ0v) is 17.7. The van der Waals surface area contributed by atoms with Crippen molar-refractivity contribution in [1.82, 2.24) is 14.8 Å². The van der Waals surface area contributed by atoms with Crippen molar-refractivity contribution >= 4 is 52.1 Å². The molecule has 0 saturated heterocycles. The van der Waals surface area contributed by atoms with E-state index in [0.29, 0.717) is 32.5 Å². The highest BCUT2D eigenvalue weighted by Gasteiger charge is 2.17. The third kappa shape index (κ3) is 5.33. The lowest BCUT2D eigenvalue weighted by molar-refractivity contribution is 0.102. The van der Waals surface area contributed by atoms with Crippen LogP contribution in [0.15, 0.2) is 41.6 Å². The van der Waals surface area contributed by atoms with E-state index in [9.17, 15) is 4.79 Å². The molecule has 0 atom stereocenters. The number of thiophene rings is 1. The summed E-state index contributed by atoms with van der Waals surface area (Å²) < 4.78 is 7.78. The predicted molar refractivity (Wildman–Crippen MR) is 111 cm³/mol. The number of hydrogen-bond donors (Lipinski definition) is 0. The van der Waals surface area contributed by atoms with Crippen LogP contribution in [0, 0.1) is 0 Å². The van der Waals surface area contributed by atoms with E-state index in [0.717, 1.165) is 17.8 Å². The van der Waals surface area contributed by atoms with E-state index in [4.69, 9.17) is 27.9 Å². The number of nitrogens with zero attached hydrogens (tertiary/aromatic N) is 3. The minimum absolute atomic E-state index is 0.0244. The number of carbonyl (C=O) groups is 1. The van der Waals surface area contributed by atoms with Gasteiger partial charge in [0.2, 0.25) is 0 Å². The Hall–Kier alpha value is -1.38. The predicted octanol–water partition coefficient (Wildman–Crippen LogP) is 5.32. The maximum atomic E-state index is 12.4. The van der Waals surface area contributed by atoms with Crippen molar-refractivity contribution < 1.29 is 9.53 Å². The lowest BCUT2D eigenvalue weighted by Crippen LogP contribution is -2.07. The number of Topliss-reactive ketones (excluding diaryl/α,β-unsaturated/α-hetero) is 1. The third-order valence-electron chi connectivity index (χ3n) is 3.73. The number of ether oxygens (including phenoxy) is 1. The minimum Gasteiger partial charge on any atom is -0.385 e. The summed E-state index contributed by atoms with van der Waals surface area (Å²) in [6.45, 7) is 1.33. The summed E-state index contributed by atoms with van der Waals surface area (Å²) >= 11 is 14.6. The molecule has 0 unspecified atom stereocenters. The van der Waals surface area contributed by atoms with E-state index in [1.807, 2.05) is 28.8 Å². The Bertz CT molecular complexity index is 910. The van der Waals surface area contributed by atoms with Crippen LogP contribution in [0.4, 0.5) is 0 Å². The molecule has 1 aromatic carbocycles. The fourth-order valence-corrected chi connectivity index (χ4v) is 4.49. The summed E-state index contributed by atoms with van der Waals surface area (Å²) in [6.07, 6.45) is 0.817. The van der Waals surface area contributed by atoms with Gasteiger partial charge in [0.05, 0.1) is 15.0 Å². The normalized spacial score (nSPS) is 11.1. The summed E-state index contributed by atoms with van der Waals surface area (Å²) in [5.41, 5.74) is 0.924. The molecule has 2 aromatic heterocycles. The number of hydrogen-bond acceptors (Lipinski definition) is 6. The van der Waals surface area contributed by atoms with E-state index < -0.39 is 0 Å². The molecule has 0 saturated carbocycles. The molecule has 0 N–H and O–H groups in total. The summed E-state index contributed by atoms with van der Waals surface area (Å²) in [5, 5.41) is 9.99. The second-order valence-corrected chi connectivity index (χ2v) is 8.72. The number of ketones is 1. The Morgan fingerprint density at radius 1 is 1.19 bits per heavy atom. The molecular weight excluding hydrogens is 425 g/mol. The van der Waals surface area contributed by atoms with Gasteiger partial charge in [-0.15, -0.1) is 21.5 Å². The van der Waals surface area contributed by atoms with Crippen LogP contribution in [0.2, 0.25) is 9.36 Å². The van der Waals surface area contributed by atoms with Gasteiger partial charge in [0.15, 0.2) is 16.8 Å². The molecule has 2 heterocycles. The first-order valence-corrected chi connectivity index (χ1v) is 10.7. The Kier molecular flexibility index (Phi) is 7.32. The quantitative estimate of drug-likeness (QED) is 0.255. The van der Waals surface area contributed by atoms with Crippen LogP contribution >= 0.6 is 46.3 Å². The van der Waals surface area contributed by atoms with Gasteiger partial charge in [-0.2, -0.15) is 0 Å². The van der Waals surface area contributed by atoms with Crippen molar-refractivity contribution in [3.63, 3.8) is 0 Å². The van der Waals surface area contributed by atoms with Gasteiger partial charge in [0.1, 0.15) is 0 Å². The number of methoxy groups -OCH3 is 1. The maximum absolute atomic E-state index is 12.4. The Morgan fingerprint density at radius 2 is 1.96 bits per heavy atom. The number of thioether (sulfide) groups is 1. The molecule has 0 fully saturated rings. The van der Waals surface area contributed by atoms with Crippen LogP contribution in [0.5, 0.6) is 0 Å². The highest BCUT2D eigenvalue weighted by atomic mass is 35.5. The van der Waals surface area contributed by atoms with Crippen LogP contribution in [-0.2, 0) is 11.3 Å². The molecule has 0 amide bonds. The van der Waals surface area contributed by atoms with Gasteiger partial charge < -0.3 is 9.30 Å². The summed E-state index contributed by atoms with van der Waals surface area (Å²) in [5.74, 6) is 1.05. The lowest BCUT2D eigenvalue weighted by Gasteiger charge is -2.10. The van der Waals surface area contributed by atoms with Gasteiger partial charge in [-0.25, -0.2) is 0 Å². The van der Waals surface area contributed by atoms with E-state index >= 15 is 0 Å². The van der Waals surface area contributed by atoms with E-state index in [1.165, 1.54) is 23.1 Å². The van der Waals surface area contributed by atoms with Gasteiger partial charge in [0.25, 0.3) is 0 Å². The molecule has 0 aliphatic heterocycles. The first kappa shape index (κ1) is 20.4. The molecule has 0 spiro atoms. The van der Waals surface area contributed by atoms with Gasteiger partial charge in [0, 0.05) is 30.8 Å². The third-order valence-corrected chi connectivity index (χ3v) is 6.22. The average molecular weight is 442 g/mol. The minimum atomic E-state index is 0.0244. The molecule has 3 rings (SSSR count). The van der Waals surface area contributed by atoms with Crippen molar-refractivity contribution in [3.8, 4) is 11.4 Å². The van der Waals surface area contributed by atoms with E-state index in [1.54, 1.807) is 19.2 Å². The van der Waals surface area contributed by atoms with Crippen molar-refractivity contribution in [3.05, 3.63) is 50.6 Å². The number of benzene rings is 1. The molecule has 9 heteroatoms. The first-order chi connectivity index (χ1) is 13.1. The first-order valence-electron chi connectivity index (χ1n) is 8.18. The smallest absolute Gasteiger partial charge is 0.191 e. The van der Waals surface area contributed by atoms with Crippen LogP contribution < -0.4 is 0 Å². The fraction of sp³-hybridized carbons (Fsp3) is 0.278. The van der Waals surface area contributed by atoms with Crippen LogP contribution in [0.25, 0.3) is 11.4 Å². The monoisotopic (exact) mass is 441 g/mol. The number of aromatic nitrogens is 3. The number of rotatable bonds is 9. The molecule has 0 aliphatic carbocycles. The molecule has 0 bridgehead atoms. The fourth-order valence-electron chi connectivity index (χ4n) is 2.44. The average Bonchev–Trinajstić information content (AvgIpc) is 3.27. The van der Waals surface area contributed by atoms with Crippen molar-refractivity contribution in [2.75, 3.05) is 19.5 Å². The Labute approximate surface area is 175 Å². The van der Waals surface area contributed by atoms with Crippen molar-refractivity contribution in [1.29, 1.82) is 0 Å². The zero-order chi connectivity index (χ0) is 19.2. The van der Waals surface area contributed by atoms with Crippen LogP contribution in [0.1, 0.15) is 16.1 Å². The topological polar surface area (TPSA) is 57.0 Å². The van der Waals surface area contributed by atoms with Gasteiger partial charge in [-0.3, -0.25) is 4.79 Å². The van der Waals surface area contributed by atoms with Crippen LogP contribution in [-0.4, -0.2) is 40.0 Å². The van der Waals surface area contributed by atoms with E-state index in [2.05, 4.69) is 10.2 Å². The molecule has 0 radical (unpaired) electrons.